The zero-order valence-corrected chi connectivity index (χ0v) is 13.5. The number of aryl methyl sites for hydroxylation is 1. The molecule has 2 rings (SSSR count). The first-order valence-corrected chi connectivity index (χ1v) is 7.22. The second-order valence-corrected chi connectivity index (χ2v) is 5.71. The number of hydrogen-bond acceptors (Lipinski definition) is 3. The molecule has 1 fully saturated rings. The number of nitrogens with one attached hydrogen (secondary N) is 1. The van der Waals surface area contributed by atoms with Crippen LogP contribution in [0.1, 0.15) is 30.9 Å². The number of carbonyl (C=O) groups is 1. The number of ether oxygens (including phenoxy) is 1. The topological polar surface area (TPSA) is 64.4 Å². The lowest BCUT2D eigenvalue weighted by Gasteiger charge is -2.39. The quantitative estimate of drug-likeness (QED) is 0.893. The SMILES string of the molecule is Cc1ccccc1C1(CNC(=O)[C@@H](C)N)CCOCC1.Cl. The molecule has 4 nitrogen and oxygen atoms in total. The Morgan fingerprint density at radius 2 is 2.00 bits per heavy atom. The maximum atomic E-state index is 11.8. The lowest BCUT2D eigenvalue weighted by molar-refractivity contribution is -0.122. The van der Waals surface area contributed by atoms with Crippen LogP contribution in [0.25, 0.3) is 0 Å². The Bertz CT molecular complexity index is 471. The van der Waals surface area contributed by atoms with Crippen molar-refractivity contribution in [1.29, 1.82) is 0 Å². The van der Waals surface area contributed by atoms with Gasteiger partial charge < -0.3 is 15.8 Å². The smallest absolute Gasteiger partial charge is 0.236 e. The van der Waals surface area contributed by atoms with Crippen molar-refractivity contribution in [3.63, 3.8) is 0 Å². The second-order valence-electron chi connectivity index (χ2n) is 5.71. The van der Waals surface area contributed by atoms with Gasteiger partial charge in [0.2, 0.25) is 5.91 Å². The molecule has 0 bridgehead atoms. The molecule has 1 saturated heterocycles. The molecule has 1 amide bonds. The van der Waals surface area contributed by atoms with Crippen LogP contribution in [0.5, 0.6) is 0 Å². The van der Waals surface area contributed by atoms with E-state index in [0.717, 1.165) is 26.1 Å². The van der Waals surface area contributed by atoms with Crippen LogP contribution in [0.2, 0.25) is 0 Å². The van der Waals surface area contributed by atoms with Gasteiger partial charge in [0, 0.05) is 25.2 Å². The van der Waals surface area contributed by atoms with Gasteiger partial charge in [0.15, 0.2) is 0 Å². The minimum atomic E-state index is -0.469. The molecule has 118 valence electrons. The van der Waals surface area contributed by atoms with Gasteiger partial charge in [-0.2, -0.15) is 0 Å². The monoisotopic (exact) mass is 312 g/mol. The zero-order chi connectivity index (χ0) is 14.6. The molecule has 1 aliphatic rings. The van der Waals surface area contributed by atoms with Crippen molar-refractivity contribution in [2.75, 3.05) is 19.8 Å². The summed E-state index contributed by atoms with van der Waals surface area (Å²) in [6, 6.07) is 7.93. The van der Waals surface area contributed by atoms with Gasteiger partial charge in [-0.05, 0) is 37.8 Å². The molecule has 0 saturated carbocycles. The van der Waals surface area contributed by atoms with E-state index in [0.29, 0.717) is 6.54 Å². The molecule has 0 aliphatic carbocycles. The van der Waals surface area contributed by atoms with Crippen LogP contribution < -0.4 is 11.1 Å². The van der Waals surface area contributed by atoms with E-state index in [2.05, 4.69) is 30.4 Å². The van der Waals surface area contributed by atoms with Gasteiger partial charge in [-0.1, -0.05) is 24.3 Å². The maximum Gasteiger partial charge on any atom is 0.236 e. The van der Waals surface area contributed by atoms with Crippen LogP contribution in [0.4, 0.5) is 0 Å². The van der Waals surface area contributed by atoms with E-state index < -0.39 is 6.04 Å². The molecule has 0 radical (unpaired) electrons. The van der Waals surface area contributed by atoms with Crippen LogP contribution in [0.15, 0.2) is 24.3 Å². The van der Waals surface area contributed by atoms with Crippen molar-refractivity contribution in [3.05, 3.63) is 35.4 Å². The zero-order valence-electron chi connectivity index (χ0n) is 12.7. The number of rotatable bonds is 4. The number of halogens is 1. The van der Waals surface area contributed by atoms with Crippen molar-refractivity contribution in [3.8, 4) is 0 Å². The van der Waals surface area contributed by atoms with Crippen molar-refractivity contribution in [1.82, 2.24) is 5.32 Å². The third kappa shape index (κ3) is 4.19. The summed E-state index contributed by atoms with van der Waals surface area (Å²) < 4.78 is 5.50. The molecule has 1 heterocycles. The fraction of sp³-hybridized carbons (Fsp3) is 0.562. The molecule has 1 atom stereocenters. The van der Waals surface area contributed by atoms with Gasteiger partial charge in [0.25, 0.3) is 0 Å². The van der Waals surface area contributed by atoms with E-state index in [1.807, 2.05) is 6.07 Å². The molecule has 3 N–H and O–H groups in total. The molecule has 1 aromatic carbocycles. The molecule has 1 aromatic rings. The van der Waals surface area contributed by atoms with Gasteiger partial charge in [-0.3, -0.25) is 4.79 Å². The Labute approximate surface area is 132 Å². The molecule has 21 heavy (non-hydrogen) atoms. The summed E-state index contributed by atoms with van der Waals surface area (Å²) in [6.07, 6.45) is 1.86. The fourth-order valence-corrected chi connectivity index (χ4v) is 2.89. The van der Waals surface area contributed by atoms with Gasteiger partial charge in [0.1, 0.15) is 0 Å². The second kappa shape index (κ2) is 7.78. The summed E-state index contributed by atoms with van der Waals surface area (Å²) >= 11 is 0. The Morgan fingerprint density at radius 1 is 1.38 bits per heavy atom. The minimum absolute atomic E-state index is 0. The summed E-state index contributed by atoms with van der Waals surface area (Å²) in [5.41, 5.74) is 8.17. The van der Waals surface area contributed by atoms with E-state index in [-0.39, 0.29) is 23.7 Å². The van der Waals surface area contributed by atoms with Crippen molar-refractivity contribution >= 4 is 18.3 Å². The van der Waals surface area contributed by atoms with Crippen LogP contribution in [0, 0.1) is 6.92 Å². The maximum absolute atomic E-state index is 11.8. The van der Waals surface area contributed by atoms with E-state index in [1.54, 1.807) is 6.92 Å². The first-order chi connectivity index (χ1) is 9.55. The lowest BCUT2D eigenvalue weighted by Crippen LogP contribution is -2.48. The molecule has 0 spiro atoms. The molecule has 0 aromatic heterocycles. The number of nitrogens with two attached hydrogens (primary N) is 1. The summed E-state index contributed by atoms with van der Waals surface area (Å²) in [4.78, 5) is 11.8. The fourth-order valence-electron chi connectivity index (χ4n) is 2.89. The average Bonchev–Trinajstić information content (AvgIpc) is 2.46. The number of hydrogen-bond donors (Lipinski definition) is 2. The summed E-state index contributed by atoms with van der Waals surface area (Å²) in [7, 11) is 0. The average molecular weight is 313 g/mol. The molecule has 0 unspecified atom stereocenters. The van der Waals surface area contributed by atoms with E-state index in [4.69, 9.17) is 10.5 Å². The van der Waals surface area contributed by atoms with Gasteiger partial charge in [0.05, 0.1) is 6.04 Å². The number of amides is 1. The van der Waals surface area contributed by atoms with Crippen molar-refractivity contribution in [2.45, 2.75) is 38.1 Å². The third-order valence-electron chi connectivity index (χ3n) is 4.18. The summed E-state index contributed by atoms with van der Waals surface area (Å²) in [6.45, 7) is 5.94. The van der Waals surface area contributed by atoms with Crippen LogP contribution in [-0.4, -0.2) is 31.7 Å². The predicted octanol–water partition coefficient (Wildman–Crippen LogP) is 1.93. The Morgan fingerprint density at radius 3 is 2.57 bits per heavy atom. The Hall–Kier alpha value is -1.10. The minimum Gasteiger partial charge on any atom is -0.381 e. The van der Waals surface area contributed by atoms with E-state index in [9.17, 15) is 4.79 Å². The lowest BCUT2D eigenvalue weighted by atomic mass is 9.72. The van der Waals surface area contributed by atoms with Crippen molar-refractivity contribution < 1.29 is 9.53 Å². The highest BCUT2D eigenvalue weighted by Crippen LogP contribution is 2.36. The van der Waals surface area contributed by atoms with Crippen LogP contribution in [0.3, 0.4) is 0 Å². The summed E-state index contributed by atoms with van der Waals surface area (Å²) in [5.74, 6) is -0.0931. The highest BCUT2D eigenvalue weighted by molar-refractivity contribution is 5.85. The molecule has 1 aliphatic heterocycles. The standard InChI is InChI=1S/C16H24N2O2.ClH/c1-12-5-3-4-6-14(12)16(7-9-20-10-8-16)11-18-15(19)13(2)17;/h3-6,13H,7-11,17H2,1-2H3,(H,18,19);1H/t13-;/m1./s1. The van der Waals surface area contributed by atoms with Gasteiger partial charge in [-0.25, -0.2) is 0 Å². The first-order valence-electron chi connectivity index (χ1n) is 7.22. The van der Waals surface area contributed by atoms with Crippen LogP contribution >= 0.6 is 12.4 Å². The van der Waals surface area contributed by atoms with Crippen LogP contribution in [-0.2, 0) is 14.9 Å². The number of carbonyl (C=O) groups excluding carboxylic acids is 1. The normalized spacial score (nSPS) is 18.4. The highest BCUT2D eigenvalue weighted by Gasteiger charge is 2.35. The third-order valence-corrected chi connectivity index (χ3v) is 4.18. The number of benzene rings is 1. The molecular formula is C16H25ClN2O2. The van der Waals surface area contributed by atoms with E-state index in [1.165, 1.54) is 11.1 Å². The molecule has 5 heteroatoms. The van der Waals surface area contributed by atoms with E-state index >= 15 is 0 Å². The highest BCUT2D eigenvalue weighted by atomic mass is 35.5. The van der Waals surface area contributed by atoms with Gasteiger partial charge >= 0.3 is 0 Å². The largest absolute Gasteiger partial charge is 0.381 e. The molecular weight excluding hydrogens is 288 g/mol. The van der Waals surface area contributed by atoms with Gasteiger partial charge in [-0.15, -0.1) is 12.4 Å². The summed E-state index contributed by atoms with van der Waals surface area (Å²) in [5, 5.41) is 3.00. The first kappa shape index (κ1) is 18.0. The Kier molecular flexibility index (Phi) is 6.65. The predicted molar refractivity (Wildman–Crippen MR) is 86.8 cm³/mol. The Balaban J connectivity index is 0.00000220. The van der Waals surface area contributed by atoms with Crippen molar-refractivity contribution in [2.24, 2.45) is 5.73 Å².